The van der Waals surface area contributed by atoms with Gasteiger partial charge in [-0.1, -0.05) is 44.9 Å². The highest BCUT2D eigenvalue weighted by Gasteiger charge is 2.23. The summed E-state index contributed by atoms with van der Waals surface area (Å²) in [5.74, 6) is 2.75. The average Bonchev–Trinajstić information content (AvgIpc) is 2.48. The van der Waals surface area contributed by atoms with Crippen LogP contribution in [0, 0.1) is 11.8 Å². The van der Waals surface area contributed by atoms with Crippen molar-refractivity contribution >= 4 is 0 Å². The summed E-state index contributed by atoms with van der Waals surface area (Å²) in [4.78, 5) is 0. The van der Waals surface area contributed by atoms with Crippen molar-refractivity contribution in [1.29, 1.82) is 0 Å². The zero-order chi connectivity index (χ0) is 14.4. The van der Waals surface area contributed by atoms with E-state index < -0.39 is 0 Å². The van der Waals surface area contributed by atoms with Gasteiger partial charge in [0.05, 0.1) is 7.11 Å². The molecule has 0 bridgehead atoms. The van der Waals surface area contributed by atoms with E-state index in [9.17, 15) is 0 Å². The van der Waals surface area contributed by atoms with Crippen molar-refractivity contribution in [2.45, 2.75) is 52.0 Å². The van der Waals surface area contributed by atoms with E-state index in [4.69, 9.17) is 4.74 Å². The van der Waals surface area contributed by atoms with Gasteiger partial charge in [-0.3, -0.25) is 0 Å². The maximum absolute atomic E-state index is 5.41. The van der Waals surface area contributed by atoms with E-state index in [1.54, 1.807) is 7.11 Å². The first-order chi connectivity index (χ1) is 9.70. The van der Waals surface area contributed by atoms with Crippen LogP contribution in [0.4, 0.5) is 0 Å². The van der Waals surface area contributed by atoms with Crippen LogP contribution in [-0.4, -0.2) is 19.7 Å². The molecule has 1 aromatic carbocycles. The van der Waals surface area contributed by atoms with Gasteiger partial charge in [-0.15, -0.1) is 0 Å². The van der Waals surface area contributed by atoms with Gasteiger partial charge in [-0.05, 0) is 49.3 Å². The lowest BCUT2D eigenvalue weighted by atomic mass is 9.79. The fourth-order valence-electron chi connectivity index (χ4n) is 3.34. The predicted molar refractivity (Wildman–Crippen MR) is 85.3 cm³/mol. The SMILES string of the molecule is COc1ccccc1CCNC1CCCC(C(C)C)C1. The van der Waals surface area contributed by atoms with Gasteiger partial charge in [0.2, 0.25) is 0 Å². The first-order valence-electron chi connectivity index (χ1n) is 8.06. The van der Waals surface area contributed by atoms with Crippen molar-refractivity contribution in [2.24, 2.45) is 11.8 Å². The lowest BCUT2D eigenvalue weighted by Crippen LogP contribution is -2.36. The third-order valence-electron chi connectivity index (χ3n) is 4.68. The minimum absolute atomic E-state index is 0.714. The number of nitrogens with one attached hydrogen (secondary N) is 1. The summed E-state index contributed by atoms with van der Waals surface area (Å²) in [5, 5.41) is 3.75. The Balaban J connectivity index is 1.78. The lowest BCUT2D eigenvalue weighted by molar-refractivity contribution is 0.232. The maximum atomic E-state index is 5.41. The highest BCUT2D eigenvalue weighted by Crippen LogP contribution is 2.29. The molecule has 1 N–H and O–H groups in total. The second-order valence-electron chi connectivity index (χ2n) is 6.38. The molecule has 2 heteroatoms. The first kappa shape index (κ1) is 15.4. The Morgan fingerprint density at radius 3 is 2.80 bits per heavy atom. The van der Waals surface area contributed by atoms with Gasteiger partial charge in [-0.2, -0.15) is 0 Å². The molecular weight excluding hydrogens is 246 g/mol. The molecule has 112 valence electrons. The van der Waals surface area contributed by atoms with Crippen molar-refractivity contribution in [1.82, 2.24) is 5.32 Å². The Morgan fingerprint density at radius 1 is 1.25 bits per heavy atom. The van der Waals surface area contributed by atoms with Crippen molar-refractivity contribution in [3.8, 4) is 5.75 Å². The van der Waals surface area contributed by atoms with Crippen molar-refractivity contribution in [3.63, 3.8) is 0 Å². The van der Waals surface area contributed by atoms with Crippen LogP contribution < -0.4 is 10.1 Å². The molecule has 2 atom stereocenters. The molecule has 0 amide bonds. The Labute approximate surface area is 123 Å². The standard InChI is InChI=1S/C18H29NO/c1-14(2)16-8-6-9-17(13-16)19-12-11-15-7-4-5-10-18(15)20-3/h4-5,7,10,14,16-17,19H,6,8-9,11-13H2,1-3H3. The quantitative estimate of drug-likeness (QED) is 0.846. The van der Waals surface area contributed by atoms with Gasteiger partial charge >= 0.3 is 0 Å². The molecule has 1 saturated carbocycles. The normalized spacial score (nSPS) is 23.0. The fourth-order valence-corrected chi connectivity index (χ4v) is 3.34. The number of para-hydroxylation sites is 1. The number of hydrogen-bond donors (Lipinski definition) is 1. The van der Waals surface area contributed by atoms with Gasteiger partial charge < -0.3 is 10.1 Å². The fraction of sp³-hybridized carbons (Fsp3) is 0.667. The van der Waals surface area contributed by atoms with Crippen LogP contribution in [0.3, 0.4) is 0 Å². The Bertz CT molecular complexity index is 402. The molecule has 0 aliphatic heterocycles. The number of hydrogen-bond acceptors (Lipinski definition) is 2. The number of ether oxygens (including phenoxy) is 1. The summed E-state index contributed by atoms with van der Waals surface area (Å²) in [7, 11) is 1.75. The molecule has 2 nitrogen and oxygen atoms in total. The number of rotatable bonds is 6. The van der Waals surface area contributed by atoms with Crippen LogP contribution >= 0.6 is 0 Å². The number of methoxy groups -OCH3 is 1. The summed E-state index contributed by atoms with van der Waals surface area (Å²) in [6, 6.07) is 9.05. The van der Waals surface area contributed by atoms with E-state index in [0.29, 0.717) is 6.04 Å². The minimum Gasteiger partial charge on any atom is -0.496 e. The summed E-state index contributed by atoms with van der Waals surface area (Å²) in [6.45, 7) is 5.78. The molecule has 20 heavy (non-hydrogen) atoms. The number of benzene rings is 1. The second kappa shape index (κ2) is 7.68. The van der Waals surface area contributed by atoms with Crippen LogP contribution in [0.25, 0.3) is 0 Å². The van der Waals surface area contributed by atoms with E-state index in [2.05, 4.69) is 31.3 Å². The maximum Gasteiger partial charge on any atom is 0.122 e. The molecule has 2 unspecified atom stereocenters. The molecule has 1 aliphatic rings. The van der Waals surface area contributed by atoms with Crippen molar-refractivity contribution in [2.75, 3.05) is 13.7 Å². The van der Waals surface area contributed by atoms with Crippen LogP contribution in [-0.2, 0) is 6.42 Å². The zero-order valence-electron chi connectivity index (χ0n) is 13.2. The highest BCUT2D eigenvalue weighted by molar-refractivity contribution is 5.33. The molecule has 1 aliphatic carbocycles. The highest BCUT2D eigenvalue weighted by atomic mass is 16.5. The molecule has 1 fully saturated rings. The topological polar surface area (TPSA) is 21.3 Å². The Morgan fingerprint density at radius 2 is 2.05 bits per heavy atom. The largest absolute Gasteiger partial charge is 0.496 e. The van der Waals surface area contributed by atoms with Crippen LogP contribution in [0.5, 0.6) is 5.75 Å². The smallest absolute Gasteiger partial charge is 0.122 e. The zero-order valence-corrected chi connectivity index (χ0v) is 13.2. The van der Waals surface area contributed by atoms with Crippen LogP contribution in [0.2, 0.25) is 0 Å². The molecule has 0 heterocycles. The van der Waals surface area contributed by atoms with E-state index in [-0.39, 0.29) is 0 Å². The Kier molecular flexibility index (Phi) is 5.90. The molecule has 0 radical (unpaired) electrons. The van der Waals surface area contributed by atoms with Gasteiger partial charge in [0.15, 0.2) is 0 Å². The molecule has 0 saturated heterocycles. The molecule has 0 spiro atoms. The second-order valence-corrected chi connectivity index (χ2v) is 6.38. The summed E-state index contributed by atoms with van der Waals surface area (Å²) in [5.41, 5.74) is 1.30. The third-order valence-corrected chi connectivity index (χ3v) is 4.68. The van der Waals surface area contributed by atoms with E-state index in [1.165, 1.54) is 31.2 Å². The van der Waals surface area contributed by atoms with E-state index >= 15 is 0 Å². The van der Waals surface area contributed by atoms with Crippen molar-refractivity contribution < 1.29 is 4.74 Å². The first-order valence-corrected chi connectivity index (χ1v) is 8.06. The van der Waals surface area contributed by atoms with Crippen LogP contribution in [0.1, 0.15) is 45.1 Å². The molecular formula is C18H29NO. The summed E-state index contributed by atoms with van der Waals surface area (Å²) >= 11 is 0. The minimum atomic E-state index is 0.714. The van der Waals surface area contributed by atoms with Gasteiger partial charge in [0, 0.05) is 6.04 Å². The van der Waals surface area contributed by atoms with Gasteiger partial charge in [0.25, 0.3) is 0 Å². The monoisotopic (exact) mass is 275 g/mol. The molecule has 1 aromatic rings. The molecule has 2 rings (SSSR count). The van der Waals surface area contributed by atoms with Gasteiger partial charge in [0.1, 0.15) is 5.75 Å². The average molecular weight is 275 g/mol. The van der Waals surface area contributed by atoms with Crippen LogP contribution in [0.15, 0.2) is 24.3 Å². The van der Waals surface area contributed by atoms with Crippen molar-refractivity contribution in [3.05, 3.63) is 29.8 Å². The van der Waals surface area contributed by atoms with E-state index in [0.717, 1.165) is 30.6 Å². The summed E-state index contributed by atoms with van der Waals surface area (Å²) < 4.78 is 5.41. The van der Waals surface area contributed by atoms with Gasteiger partial charge in [-0.25, -0.2) is 0 Å². The molecule has 0 aromatic heterocycles. The predicted octanol–water partition coefficient (Wildman–Crippen LogP) is 4.04. The Hall–Kier alpha value is -1.02. The van der Waals surface area contributed by atoms with E-state index in [1.807, 2.05) is 12.1 Å². The lowest BCUT2D eigenvalue weighted by Gasteiger charge is -2.32. The third kappa shape index (κ3) is 4.24. The summed E-state index contributed by atoms with van der Waals surface area (Å²) in [6.07, 6.45) is 6.54.